The van der Waals surface area contributed by atoms with E-state index in [1.807, 2.05) is 0 Å². The first-order valence-electron chi connectivity index (χ1n) is 10.5. The molecule has 0 N–H and O–H groups in total. The molecule has 5 rings (SSSR count). The van der Waals surface area contributed by atoms with Crippen LogP contribution in [0.25, 0.3) is 21.5 Å². The maximum Gasteiger partial charge on any atom is 0.186 e. The standard InChI is InChI=1S/C24H25N5S/c1-3-18-6-9-21-22(16-18)30-24(25-21)29-14-12-28(13-15-29)23-11-10-20(26-27-23)19-7-4-17(2)5-8-19/h4-11,16H,3,12-15H2,1-2H3. The molecule has 3 heterocycles. The lowest BCUT2D eigenvalue weighted by Crippen LogP contribution is -2.46. The summed E-state index contributed by atoms with van der Waals surface area (Å²) in [6.07, 6.45) is 1.06. The maximum absolute atomic E-state index is 4.86. The molecule has 0 amide bonds. The van der Waals surface area contributed by atoms with Crippen molar-refractivity contribution in [1.29, 1.82) is 0 Å². The highest BCUT2D eigenvalue weighted by Crippen LogP contribution is 2.30. The van der Waals surface area contributed by atoms with Crippen molar-refractivity contribution in [3.63, 3.8) is 0 Å². The Kier molecular flexibility index (Phi) is 5.09. The van der Waals surface area contributed by atoms with Crippen LogP contribution in [0.15, 0.2) is 54.6 Å². The van der Waals surface area contributed by atoms with Crippen LogP contribution in [0.5, 0.6) is 0 Å². The number of aryl methyl sites for hydroxylation is 2. The molecule has 2 aromatic carbocycles. The smallest absolute Gasteiger partial charge is 0.186 e. The molecule has 1 saturated heterocycles. The molecule has 4 aromatic rings. The predicted molar refractivity (Wildman–Crippen MR) is 126 cm³/mol. The van der Waals surface area contributed by atoms with E-state index < -0.39 is 0 Å². The van der Waals surface area contributed by atoms with Crippen molar-refractivity contribution in [2.45, 2.75) is 20.3 Å². The molecule has 0 atom stereocenters. The van der Waals surface area contributed by atoms with E-state index in [-0.39, 0.29) is 0 Å². The number of fused-ring (bicyclic) bond motifs is 1. The summed E-state index contributed by atoms with van der Waals surface area (Å²) in [5.41, 5.74) is 5.74. The fraction of sp³-hybridized carbons (Fsp3) is 0.292. The van der Waals surface area contributed by atoms with Crippen molar-refractivity contribution in [3.05, 3.63) is 65.7 Å². The van der Waals surface area contributed by atoms with Crippen molar-refractivity contribution >= 4 is 32.5 Å². The van der Waals surface area contributed by atoms with Gasteiger partial charge in [0.1, 0.15) is 0 Å². The Morgan fingerprint density at radius 3 is 2.33 bits per heavy atom. The van der Waals surface area contributed by atoms with Gasteiger partial charge in [0.2, 0.25) is 0 Å². The summed E-state index contributed by atoms with van der Waals surface area (Å²) >= 11 is 1.80. The molecule has 30 heavy (non-hydrogen) atoms. The number of thiazole rings is 1. The summed E-state index contributed by atoms with van der Waals surface area (Å²) in [7, 11) is 0. The zero-order chi connectivity index (χ0) is 20.5. The van der Waals surface area contributed by atoms with Crippen LogP contribution in [0.2, 0.25) is 0 Å². The lowest BCUT2D eigenvalue weighted by molar-refractivity contribution is 0.643. The predicted octanol–water partition coefficient (Wildman–Crippen LogP) is 4.95. The summed E-state index contributed by atoms with van der Waals surface area (Å²) in [6.45, 7) is 8.03. The molecule has 0 spiro atoms. The van der Waals surface area contributed by atoms with Crippen LogP contribution in [0, 0.1) is 6.92 Å². The van der Waals surface area contributed by atoms with E-state index in [0.29, 0.717) is 0 Å². The first kappa shape index (κ1) is 19.0. The van der Waals surface area contributed by atoms with Crippen LogP contribution < -0.4 is 9.80 Å². The van der Waals surface area contributed by atoms with Crippen LogP contribution in [0.3, 0.4) is 0 Å². The summed E-state index contributed by atoms with van der Waals surface area (Å²) in [5, 5.41) is 10.1. The van der Waals surface area contributed by atoms with Crippen LogP contribution in [-0.2, 0) is 6.42 Å². The second-order valence-electron chi connectivity index (χ2n) is 7.77. The largest absolute Gasteiger partial charge is 0.352 e. The van der Waals surface area contributed by atoms with E-state index in [4.69, 9.17) is 4.98 Å². The molecule has 1 aliphatic heterocycles. The molecule has 0 bridgehead atoms. The van der Waals surface area contributed by atoms with Crippen molar-refractivity contribution in [3.8, 4) is 11.3 Å². The molecule has 5 nitrogen and oxygen atoms in total. The molecule has 0 aliphatic carbocycles. The third kappa shape index (κ3) is 3.75. The Morgan fingerprint density at radius 2 is 1.63 bits per heavy atom. The Morgan fingerprint density at radius 1 is 0.867 bits per heavy atom. The molecule has 0 saturated carbocycles. The molecule has 1 fully saturated rings. The van der Waals surface area contributed by atoms with Gasteiger partial charge in [-0.25, -0.2) is 4.98 Å². The highest BCUT2D eigenvalue weighted by atomic mass is 32.1. The molecule has 1 aliphatic rings. The van der Waals surface area contributed by atoms with Crippen molar-refractivity contribution in [1.82, 2.24) is 15.2 Å². The Balaban J connectivity index is 1.26. The van der Waals surface area contributed by atoms with Crippen LogP contribution in [0.1, 0.15) is 18.1 Å². The number of aromatic nitrogens is 3. The van der Waals surface area contributed by atoms with Crippen molar-refractivity contribution in [2.75, 3.05) is 36.0 Å². The lowest BCUT2D eigenvalue weighted by Gasteiger charge is -2.35. The van der Waals surface area contributed by atoms with Gasteiger partial charge in [0.05, 0.1) is 15.9 Å². The first-order valence-corrected chi connectivity index (χ1v) is 11.3. The molecule has 6 heteroatoms. The minimum Gasteiger partial charge on any atom is -0.352 e. The zero-order valence-electron chi connectivity index (χ0n) is 17.4. The molecule has 0 radical (unpaired) electrons. The zero-order valence-corrected chi connectivity index (χ0v) is 18.2. The lowest BCUT2D eigenvalue weighted by atomic mass is 10.1. The van der Waals surface area contributed by atoms with E-state index >= 15 is 0 Å². The maximum atomic E-state index is 4.86. The van der Waals surface area contributed by atoms with Gasteiger partial charge in [0, 0.05) is 31.7 Å². The Hall–Kier alpha value is -2.99. The number of hydrogen-bond acceptors (Lipinski definition) is 6. The SMILES string of the molecule is CCc1ccc2nc(N3CCN(c4ccc(-c5ccc(C)cc5)nn4)CC3)sc2c1. The highest BCUT2D eigenvalue weighted by molar-refractivity contribution is 7.22. The van der Waals surface area contributed by atoms with Crippen LogP contribution in [0.4, 0.5) is 10.9 Å². The third-order valence-electron chi connectivity index (χ3n) is 5.72. The fourth-order valence-corrected chi connectivity index (χ4v) is 4.89. The van der Waals surface area contributed by atoms with Gasteiger partial charge in [0.15, 0.2) is 10.9 Å². The van der Waals surface area contributed by atoms with Gasteiger partial charge in [-0.2, -0.15) is 0 Å². The van der Waals surface area contributed by atoms with Gasteiger partial charge in [-0.3, -0.25) is 0 Å². The molecule has 0 unspecified atom stereocenters. The third-order valence-corrected chi connectivity index (χ3v) is 6.80. The molecular formula is C24H25N5S. The normalized spacial score (nSPS) is 14.5. The molecule has 2 aromatic heterocycles. The van der Waals surface area contributed by atoms with Crippen molar-refractivity contribution in [2.24, 2.45) is 0 Å². The average molecular weight is 416 g/mol. The average Bonchev–Trinajstić information content (AvgIpc) is 3.23. The van der Waals surface area contributed by atoms with Gasteiger partial charge < -0.3 is 9.80 Å². The molecular weight excluding hydrogens is 390 g/mol. The summed E-state index contributed by atoms with van der Waals surface area (Å²) in [4.78, 5) is 9.56. The number of nitrogens with zero attached hydrogens (tertiary/aromatic N) is 5. The van der Waals surface area contributed by atoms with E-state index in [2.05, 4.69) is 88.4 Å². The van der Waals surface area contributed by atoms with Gasteiger partial charge in [0.25, 0.3) is 0 Å². The van der Waals surface area contributed by atoms with Gasteiger partial charge >= 0.3 is 0 Å². The van der Waals surface area contributed by atoms with E-state index in [0.717, 1.165) is 60.3 Å². The van der Waals surface area contributed by atoms with Gasteiger partial charge in [-0.1, -0.05) is 54.2 Å². The van der Waals surface area contributed by atoms with E-state index in [1.54, 1.807) is 11.3 Å². The minimum absolute atomic E-state index is 0.915. The Bertz CT molecular complexity index is 1140. The van der Waals surface area contributed by atoms with Crippen LogP contribution in [-0.4, -0.2) is 41.4 Å². The number of rotatable bonds is 4. The van der Waals surface area contributed by atoms with Crippen LogP contribution >= 0.6 is 11.3 Å². The number of piperazine rings is 1. The second kappa shape index (κ2) is 8.03. The van der Waals surface area contributed by atoms with Gasteiger partial charge in [-0.05, 0) is 43.2 Å². The van der Waals surface area contributed by atoms with Gasteiger partial charge in [-0.15, -0.1) is 10.2 Å². The monoisotopic (exact) mass is 415 g/mol. The minimum atomic E-state index is 0.915. The first-order chi connectivity index (χ1) is 14.7. The highest BCUT2D eigenvalue weighted by Gasteiger charge is 2.21. The quantitative estimate of drug-likeness (QED) is 0.472. The number of benzene rings is 2. The number of anilines is 2. The molecule has 152 valence electrons. The van der Waals surface area contributed by atoms with E-state index in [1.165, 1.54) is 15.8 Å². The summed E-state index contributed by atoms with van der Waals surface area (Å²) in [6, 6.07) is 19.2. The fourth-order valence-electron chi connectivity index (χ4n) is 3.81. The van der Waals surface area contributed by atoms with Crippen molar-refractivity contribution < 1.29 is 0 Å². The number of hydrogen-bond donors (Lipinski definition) is 0. The Labute approximate surface area is 181 Å². The second-order valence-corrected chi connectivity index (χ2v) is 8.78. The summed E-state index contributed by atoms with van der Waals surface area (Å²) in [5.74, 6) is 0.947. The topological polar surface area (TPSA) is 45.2 Å². The van der Waals surface area contributed by atoms with E-state index in [9.17, 15) is 0 Å². The summed E-state index contributed by atoms with van der Waals surface area (Å²) < 4.78 is 1.28.